The van der Waals surface area contributed by atoms with Gasteiger partial charge in [-0.3, -0.25) is 4.79 Å². The lowest BCUT2D eigenvalue weighted by molar-refractivity contribution is -0.117. The topological polar surface area (TPSA) is 56.1 Å². The molecule has 0 radical (unpaired) electrons. The molecule has 0 aromatic rings. The molecule has 1 amide bonds. The van der Waals surface area contributed by atoms with Gasteiger partial charge < -0.3 is 10.2 Å². The Balaban J connectivity index is 2.08. The maximum atomic E-state index is 12.1. The molecule has 22 heavy (non-hydrogen) atoms. The summed E-state index contributed by atoms with van der Waals surface area (Å²) in [5.41, 5.74) is 0.892. The van der Waals surface area contributed by atoms with Crippen LogP contribution in [0, 0.1) is 22.2 Å². The van der Waals surface area contributed by atoms with E-state index in [0.717, 1.165) is 25.8 Å². The Kier molecular flexibility index (Phi) is 4.84. The normalized spacial score (nSPS) is 30.0. The largest absolute Gasteiger partial charge is 0.373 e. The Morgan fingerprint density at radius 1 is 1.41 bits per heavy atom. The molecule has 2 aliphatic rings. The van der Waals surface area contributed by atoms with Gasteiger partial charge in [0.25, 0.3) is 5.91 Å². The summed E-state index contributed by atoms with van der Waals surface area (Å²) in [6, 6.07) is 2.54. The van der Waals surface area contributed by atoms with Crippen LogP contribution >= 0.6 is 0 Å². The van der Waals surface area contributed by atoms with Crippen LogP contribution in [0.5, 0.6) is 0 Å². The zero-order chi connectivity index (χ0) is 16.4. The number of amides is 1. The summed E-state index contributed by atoms with van der Waals surface area (Å²) in [4.78, 5) is 14.4. The molecule has 122 valence electrons. The summed E-state index contributed by atoms with van der Waals surface area (Å²) >= 11 is 0. The molecule has 1 aliphatic heterocycles. The molecule has 2 unspecified atom stereocenters. The zero-order valence-electron chi connectivity index (χ0n) is 14.4. The standard InChI is InChI=1S/C18H29N3O/c1-5-6-7-20-16(22)14(10-19)11-21-13-18(4)9-15(21)8-17(2,3)12-18/h11,15H,5-9,12-13H2,1-4H3,(H,20,22)/b14-11-. The Bertz CT molecular complexity index is 503. The number of carbonyl (C=O) groups excluding carboxylic acids is 1. The van der Waals surface area contributed by atoms with Crippen LogP contribution in [0.2, 0.25) is 0 Å². The first-order valence-electron chi connectivity index (χ1n) is 8.44. The van der Waals surface area contributed by atoms with Gasteiger partial charge in [-0.2, -0.15) is 5.26 Å². The monoisotopic (exact) mass is 303 g/mol. The first-order valence-corrected chi connectivity index (χ1v) is 8.44. The highest BCUT2D eigenvalue weighted by Gasteiger charge is 2.48. The SMILES string of the molecule is CCCCNC(=O)/C(C#N)=C\N1CC2(C)CC1CC(C)(C)C2. The van der Waals surface area contributed by atoms with Crippen LogP contribution in [0.3, 0.4) is 0 Å². The van der Waals surface area contributed by atoms with Crippen LogP contribution in [-0.4, -0.2) is 29.9 Å². The molecule has 1 saturated heterocycles. The van der Waals surface area contributed by atoms with Crippen LogP contribution in [0.15, 0.2) is 11.8 Å². The fourth-order valence-electron chi connectivity index (χ4n) is 4.43. The quantitative estimate of drug-likeness (QED) is 0.482. The highest BCUT2D eigenvalue weighted by Crippen LogP contribution is 2.52. The Morgan fingerprint density at radius 3 is 2.77 bits per heavy atom. The zero-order valence-corrected chi connectivity index (χ0v) is 14.4. The van der Waals surface area contributed by atoms with Gasteiger partial charge in [0.2, 0.25) is 0 Å². The molecule has 2 atom stereocenters. The lowest BCUT2D eigenvalue weighted by Gasteiger charge is -2.39. The lowest BCUT2D eigenvalue weighted by Crippen LogP contribution is -2.34. The van der Waals surface area contributed by atoms with Crippen LogP contribution in [0.25, 0.3) is 0 Å². The number of hydrogen-bond donors (Lipinski definition) is 1. The van der Waals surface area contributed by atoms with Crippen molar-refractivity contribution in [2.24, 2.45) is 10.8 Å². The molecule has 0 spiro atoms. The second kappa shape index (κ2) is 6.32. The Labute approximate surface area is 134 Å². The second-order valence-corrected chi connectivity index (χ2v) is 8.15. The van der Waals surface area contributed by atoms with Crippen LogP contribution < -0.4 is 5.32 Å². The second-order valence-electron chi connectivity index (χ2n) is 8.15. The maximum absolute atomic E-state index is 12.1. The molecule has 2 rings (SSSR count). The number of carbonyl (C=O) groups is 1. The summed E-state index contributed by atoms with van der Waals surface area (Å²) < 4.78 is 0. The van der Waals surface area contributed by atoms with Crippen LogP contribution in [0.1, 0.15) is 59.8 Å². The van der Waals surface area contributed by atoms with Crippen molar-refractivity contribution in [3.63, 3.8) is 0 Å². The smallest absolute Gasteiger partial charge is 0.263 e. The minimum Gasteiger partial charge on any atom is -0.373 e. The van der Waals surface area contributed by atoms with Crippen molar-refractivity contribution in [3.8, 4) is 6.07 Å². The summed E-state index contributed by atoms with van der Waals surface area (Å²) in [5, 5.41) is 12.2. The van der Waals surface area contributed by atoms with Gasteiger partial charge in [-0.1, -0.05) is 34.1 Å². The van der Waals surface area contributed by atoms with Crippen molar-refractivity contribution in [3.05, 3.63) is 11.8 Å². The van der Waals surface area contributed by atoms with Crippen molar-refractivity contribution >= 4 is 5.91 Å². The summed E-state index contributed by atoms with van der Waals surface area (Å²) in [6.45, 7) is 10.7. The van der Waals surface area contributed by atoms with E-state index in [-0.39, 0.29) is 11.5 Å². The molecular formula is C18H29N3O. The van der Waals surface area contributed by atoms with Gasteiger partial charge in [0.05, 0.1) is 0 Å². The van der Waals surface area contributed by atoms with Gasteiger partial charge in [0.1, 0.15) is 11.6 Å². The molecule has 1 heterocycles. The number of nitriles is 1. The molecule has 0 aromatic heterocycles. The number of nitrogens with one attached hydrogen (secondary N) is 1. The van der Waals surface area contributed by atoms with Crippen molar-refractivity contribution in [2.75, 3.05) is 13.1 Å². The van der Waals surface area contributed by atoms with E-state index in [1.54, 1.807) is 6.20 Å². The molecule has 1 saturated carbocycles. The van der Waals surface area contributed by atoms with E-state index in [1.165, 1.54) is 12.8 Å². The van der Waals surface area contributed by atoms with Crippen molar-refractivity contribution in [2.45, 2.75) is 65.8 Å². The molecule has 4 heteroatoms. The highest BCUT2D eigenvalue weighted by molar-refractivity contribution is 5.97. The Morgan fingerprint density at radius 2 is 2.14 bits per heavy atom. The number of fused-ring (bicyclic) bond motifs is 2. The number of rotatable bonds is 5. The summed E-state index contributed by atoms with van der Waals surface area (Å²) in [5.74, 6) is -0.234. The number of unbranched alkanes of at least 4 members (excludes halogenated alkanes) is 1. The van der Waals surface area contributed by atoms with E-state index in [9.17, 15) is 10.1 Å². The molecule has 0 aromatic carbocycles. The van der Waals surface area contributed by atoms with E-state index in [0.29, 0.717) is 23.4 Å². The first-order chi connectivity index (χ1) is 10.3. The molecular weight excluding hydrogens is 274 g/mol. The molecule has 1 N–H and O–H groups in total. The van der Waals surface area contributed by atoms with Crippen molar-refractivity contribution < 1.29 is 4.79 Å². The Hall–Kier alpha value is -1.50. The van der Waals surface area contributed by atoms with Gasteiger partial charge in [-0.25, -0.2) is 0 Å². The predicted molar refractivity (Wildman–Crippen MR) is 87.8 cm³/mol. The maximum Gasteiger partial charge on any atom is 0.263 e. The number of nitrogens with zero attached hydrogens (tertiary/aromatic N) is 2. The van der Waals surface area contributed by atoms with Crippen LogP contribution in [-0.2, 0) is 4.79 Å². The van der Waals surface area contributed by atoms with E-state index in [1.807, 2.05) is 0 Å². The van der Waals surface area contributed by atoms with Gasteiger partial charge in [-0.15, -0.1) is 0 Å². The third kappa shape index (κ3) is 3.82. The average molecular weight is 303 g/mol. The average Bonchev–Trinajstić information content (AvgIpc) is 2.64. The highest BCUT2D eigenvalue weighted by atomic mass is 16.1. The first kappa shape index (κ1) is 16.9. The lowest BCUT2D eigenvalue weighted by atomic mass is 9.65. The molecule has 2 fully saturated rings. The third-order valence-corrected chi connectivity index (χ3v) is 4.93. The minimum absolute atomic E-state index is 0.234. The van der Waals surface area contributed by atoms with Gasteiger partial charge in [-0.05, 0) is 36.5 Å². The fraction of sp³-hybridized carbons (Fsp3) is 0.778. The van der Waals surface area contributed by atoms with Gasteiger partial charge >= 0.3 is 0 Å². The number of hydrogen-bond acceptors (Lipinski definition) is 3. The summed E-state index contributed by atoms with van der Waals surface area (Å²) in [7, 11) is 0. The van der Waals surface area contributed by atoms with Crippen molar-refractivity contribution in [1.82, 2.24) is 10.2 Å². The predicted octanol–water partition coefficient (Wildman–Crippen LogP) is 3.21. The van der Waals surface area contributed by atoms with E-state index < -0.39 is 0 Å². The molecule has 2 bridgehead atoms. The fourth-order valence-corrected chi connectivity index (χ4v) is 4.43. The van der Waals surface area contributed by atoms with Gasteiger partial charge in [0.15, 0.2) is 0 Å². The third-order valence-electron chi connectivity index (χ3n) is 4.93. The minimum atomic E-state index is -0.234. The van der Waals surface area contributed by atoms with E-state index >= 15 is 0 Å². The summed E-state index contributed by atoms with van der Waals surface area (Å²) in [6.07, 6.45) is 7.30. The molecule has 1 aliphatic carbocycles. The van der Waals surface area contributed by atoms with Gasteiger partial charge in [0, 0.05) is 25.3 Å². The number of likely N-dealkylation sites (tertiary alicyclic amines) is 1. The molecule has 4 nitrogen and oxygen atoms in total. The van der Waals surface area contributed by atoms with Crippen molar-refractivity contribution in [1.29, 1.82) is 5.26 Å². The van der Waals surface area contributed by atoms with Crippen LogP contribution in [0.4, 0.5) is 0 Å². The van der Waals surface area contributed by atoms with E-state index in [4.69, 9.17) is 0 Å². The van der Waals surface area contributed by atoms with E-state index in [2.05, 4.69) is 44.0 Å².